The van der Waals surface area contributed by atoms with E-state index in [2.05, 4.69) is 0 Å². The number of imide groups is 1. The van der Waals surface area contributed by atoms with Gasteiger partial charge in [-0.1, -0.05) is 23.7 Å². The van der Waals surface area contributed by atoms with E-state index in [0.29, 0.717) is 32.7 Å². The molecule has 0 unspecified atom stereocenters. The van der Waals surface area contributed by atoms with Gasteiger partial charge in [0.15, 0.2) is 11.5 Å². The maximum Gasteiger partial charge on any atom is 0.293 e. The molecule has 2 amide bonds. The molecule has 6 nitrogen and oxygen atoms in total. The molecule has 0 N–H and O–H groups in total. The summed E-state index contributed by atoms with van der Waals surface area (Å²) in [7, 11) is 4.57. The Morgan fingerprint density at radius 3 is 2.18 bits per heavy atom. The summed E-state index contributed by atoms with van der Waals surface area (Å²) >= 11 is 6.77. The maximum atomic E-state index is 12.8. The zero-order chi connectivity index (χ0) is 20.3. The van der Waals surface area contributed by atoms with Gasteiger partial charge in [0, 0.05) is 16.7 Å². The number of amides is 2. The van der Waals surface area contributed by atoms with Crippen molar-refractivity contribution in [2.24, 2.45) is 0 Å². The molecule has 0 aliphatic carbocycles. The Morgan fingerprint density at radius 2 is 1.57 bits per heavy atom. The quantitative estimate of drug-likeness (QED) is 0.637. The summed E-state index contributed by atoms with van der Waals surface area (Å²) in [6.45, 7) is 0.183. The smallest absolute Gasteiger partial charge is 0.293 e. The normalized spacial score (nSPS) is 15.3. The zero-order valence-electron chi connectivity index (χ0n) is 15.5. The highest BCUT2D eigenvalue weighted by molar-refractivity contribution is 8.18. The molecule has 1 aliphatic rings. The molecule has 1 fully saturated rings. The van der Waals surface area contributed by atoms with Crippen LogP contribution in [0.15, 0.2) is 41.3 Å². The van der Waals surface area contributed by atoms with Gasteiger partial charge in [0.2, 0.25) is 0 Å². The Bertz CT molecular complexity index is 942. The van der Waals surface area contributed by atoms with Crippen molar-refractivity contribution in [1.29, 1.82) is 0 Å². The van der Waals surface area contributed by atoms with Gasteiger partial charge in [-0.25, -0.2) is 0 Å². The molecular formula is C20H18ClNO5S. The van der Waals surface area contributed by atoms with E-state index < -0.39 is 0 Å². The number of rotatable bonds is 6. The lowest BCUT2D eigenvalue weighted by molar-refractivity contribution is -0.123. The molecule has 0 radical (unpaired) electrons. The first-order chi connectivity index (χ1) is 13.5. The van der Waals surface area contributed by atoms with Crippen LogP contribution in [-0.2, 0) is 11.3 Å². The minimum atomic E-state index is -0.359. The average molecular weight is 420 g/mol. The van der Waals surface area contributed by atoms with Gasteiger partial charge in [-0.15, -0.1) is 0 Å². The number of carbonyl (C=O) groups excluding carboxylic acids is 2. The van der Waals surface area contributed by atoms with Gasteiger partial charge < -0.3 is 14.2 Å². The second-order valence-corrected chi connectivity index (χ2v) is 7.27. The Morgan fingerprint density at radius 1 is 0.964 bits per heavy atom. The molecule has 8 heteroatoms. The predicted octanol–water partition coefficient (Wildman–Crippen LogP) is 4.60. The Kier molecular flexibility index (Phi) is 6.16. The molecule has 2 aromatic carbocycles. The third-order valence-corrected chi connectivity index (χ3v) is 5.31. The van der Waals surface area contributed by atoms with Crippen molar-refractivity contribution >= 4 is 40.6 Å². The lowest BCUT2D eigenvalue weighted by atomic mass is 10.1. The van der Waals surface area contributed by atoms with Crippen molar-refractivity contribution in [3.8, 4) is 17.2 Å². The molecule has 1 saturated heterocycles. The van der Waals surface area contributed by atoms with E-state index in [-0.39, 0.29) is 17.7 Å². The maximum absolute atomic E-state index is 12.8. The molecule has 2 aromatic rings. The number of thioether (sulfide) groups is 1. The molecule has 0 bridgehead atoms. The highest BCUT2D eigenvalue weighted by Gasteiger charge is 2.35. The number of ether oxygens (including phenoxy) is 3. The zero-order valence-corrected chi connectivity index (χ0v) is 17.1. The van der Waals surface area contributed by atoms with Gasteiger partial charge in [0.05, 0.1) is 32.8 Å². The molecule has 1 aliphatic heterocycles. The highest BCUT2D eigenvalue weighted by Crippen LogP contribution is 2.39. The first kappa shape index (κ1) is 20.1. The molecule has 1 heterocycles. The van der Waals surface area contributed by atoms with E-state index in [1.807, 2.05) is 0 Å². The van der Waals surface area contributed by atoms with Gasteiger partial charge >= 0.3 is 0 Å². The van der Waals surface area contributed by atoms with E-state index in [9.17, 15) is 9.59 Å². The fourth-order valence-corrected chi connectivity index (χ4v) is 3.67. The van der Waals surface area contributed by atoms with Crippen molar-refractivity contribution in [1.82, 2.24) is 4.90 Å². The third-order valence-electron chi connectivity index (χ3n) is 4.15. The standard InChI is InChI=1S/C20H18ClNO5S/c1-25-15-10-17(27-3)16(26-2)8-13(15)9-18-19(23)22(20(24)28-18)11-12-4-6-14(21)7-5-12/h4-10H,11H2,1-3H3/b18-9+. The molecule has 0 aromatic heterocycles. The first-order valence-corrected chi connectivity index (χ1v) is 9.46. The summed E-state index contributed by atoms with van der Waals surface area (Å²) in [5.41, 5.74) is 1.42. The number of hydrogen-bond donors (Lipinski definition) is 0. The summed E-state index contributed by atoms with van der Waals surface area (Å²) in [6.07, 6.45) is 1.62. The van der Waals surface area contributed by atoms with Crippen LogP contribution in [-0.4, -0.2) is 37.4 Å². The average Bonchev–Trinajstić information content (AvgIpc) is 2.96. The number of carbonyl (C=O) groups is 2. The van der Waals surface area contributed by atoms with Crippen LogP contribution in [0.3, 0.4) is 0 Å². The van der Waals surface area contributed by atoms with E-state index >= 15 is 0 Å². The summed E-state index contributed by atoms with van der Waals surface area (Å²) in [5.74, 6) is 1.14. The Hall–Kier alpha value is -2.64. The number of benzene rings is 2. The third kappa shape index (κ3) is 4.10. The Balaban J connectivity index is 1.90. The molecule has 3 rings (SSSR count). The second kappa shape index (κ2) is 8.58. The van der Waals surface area contributed by atoms with E-state index in [1.54, 1.807) is 42.5 Å². The lowest BCUT2D eigenvalue weighted by Crippen LogP contribution is -2.27. The van der Waals surface area contributed by atoms with Crippen LogP contribution in [0, 0.1) is 0 Å². The van der Waals surface area contributed by atoms with E-state index in [0.717, 1.165) is 17.3 Å². The highest BCUT2D eigenvalue weighted by atomic mass is 35.5. The van der Waals surface area contributed by atoms with Gasteiger partial charge in [0.1, 0.15) is 5.75 Å². The van der Waals surface area contributed by atoms with Crippen LogP contribution >= 0.6 is 23.4 Å². The van der Waals surface area contributed by atoms with Crippen LogP contribution in [0.2, 0.25) is 5.02 Å². The van der Waals surface area contributed by atoms with Crippen LogP contribution < -0.4 is 14.2 Å². The summed E-state index contributed by atoms with van der Waals surface area (Å²) in [6, 6.07) is 10.4. The predicted molar refractivity (Wildman–Crippen MR) is 109 cm³/mol. The Labute approximate surface area is 172 Å². The van der Waals surface area contributed by atoms with Crippen LogP contribution in [0.1, 0.15) is 11.1 Å². The monoisotopic (exact) mass is 419 g/mol. The van der Waals surface area contributed by atoms with Crippen molar-refractivity contribution in [2.75, 3.05) is 21.3 Å². The van der Waals surface area contributed by atoms with Crippen molar-refractivity contribution in [3.05, 3.63) is 57.5 Å². The molecule has 28 heavy (non-hydrogen) atoms. The molecule has 0 spiro atoms. The van der Waals surface area contributed by atoms with Crippen LogP contribution in [0.5, 0.6) is 17.2 Å². The molecule has 0 saturated carbocycles. The van der Waals surface area contributed by atoms with Gasteiger partial charge in [-0.05, 0) is 41.6 Å². The SMILES string of the molecule is COc1cc(OC)c(OC)cc1/C=C1/SC(=O)N(Cc2ccc(Cl)cc2)C1=O. The van der Waals surface area contributed by atoms with Gasteiger partial charge in [-0.3, -0.25) is 14.5 Å². The van der Waals surface area contributed by atoms with E-state index in [1.165, 1.54) is 26.2 Å². The largest absolute Gasteiger partial charge is 0.496 e. The number of nitrogens with zero attached hydrogens (tertiary/aromatic N) is 1. The number of methoxy groups -OCH3 is 3. The summed E-state index contributed by atoms with van der Waals surface area (Å²) in [4.78, 5) is 26.6. The minimum absolute atomic E-state index is 0.183. The summed E-state index contributed by atoms with van der Waals surface area (Å²) < 4.78 is 16.0. The fourth-order valence-electron chi connectivity index (χ4n) is 2.72. The van der Waals surface area contributed by atoms with Gasteiger partial charge in [-0.2, -0.15) is 0 Å². The molecule has 0 atom stereocenters. The van der Waals surface area contributed by atoms with Crippen molar-refractivity contribution < 1.29 is 23.8 Å². The topological polar surface area (TPSA) is 65.1 Å². The van der Waals surface area contributed by atoms with Crippen molar-refractivity contribution in [2.45, 2.75) is 6.54 Å². The lowest BCUT2D eigenvalue weighted by Gasteiger charge is -2.13. The van der Waals surface area contributed by atoms with Crippen LogP contribution in [0.4, 0.5) is 4.79 Å². The summed E-state index contributed by atoms with van der Waals surface area (Å²) in [5, 5.41) is 0.268. The second-order valence-electron chi connectivity index (χ2n) is 5.84. The number of hydrogen-bond acceptors (Lipinski definition) is 6. The van der Waals surface area contributed by atoms with Crippen LogP contribution in [0.25, 0.3) is 6.08 Å². The minimum Gasteiger partial charge on any atom is -0.496 e. The molecular weight excluding hydrogens is 402 g/mol. The van der Waals surface area contributed by atoms with Crippen molar-refractivity contribution in [3.63, 3.8) is 0 Å². The fraction of sp³-hybridized carbons (Fsp3) is 0.200. The number of halogens is 1. The first-order valence-electron chi connectivity index (χ1n) is 8.26. The van der Waals surface area contributed by atoms with Gasteiger partial charge in [0.25, 0.3) is 11.1 Å². The molecule has 146 valence electrons. The van der Waals surface area contributed by atoms with E-state index in [4.69, 9.17) is 25.8 Å².